The van der Waals surface area contributed by atoms with Crippen molar-refractivity contribution in [1.82, 2.24) is 5.32 Å². The topological polar surface area (TPSA) is 55.1 Å². The SMILES string of the molecule is CCC1(CNC(=O)c2cc(N)cc(Cl)c2Cl)CCCC1. The van der Waals surface area contributed by atoms with E-state index in [0.29, 0.717) is 22.8 Å². The predicted molar refractivity (Wildman–Crippen MR) is 84.4 cm³/mol. The summed E-state index contributed by atoms with van der Waals surface area (Å²) in [6.45, 7) is 2.87. The van der Waals surface area contributed by atoms with Crippen LogP contribution in [0.15, 0.2) is 12.1 Å². The van der Waals surface area contributed by atoms with Gasteiger partial charge in [-0.3, -0.25) is 4.79 Å². The first-order valence-corrected chi connectivity index (χ1v) is 7.76. The second kappa shape index (κ2) is 6.23. The lowest BCUT2D eigenvalue weighted by Crippen LogP contribution is -2.35. The normalized spacial score (nSPS) is 17.1. The molecule has 0 aliphatic heterocycles. The molecule has 0 unspecified atom stereocenters. The van der Waals surface area contributed by atoms with Crippen molar-refractivity contribution in [2.45, 2.75) is 39.0 Å². The van der Waals surface area contributed by atoms with E-state index in [0.717, 1.165) is 6.42 Å². The third-order valence-electron chi connectivity index (χ3n) is 4.33. The van der Waals surface area contributed by atoms with Gasteiger partial charge in [-0.25, -0.2) is 0 Å². The number of rotatable bonds is 4. The number of anilines is 1. The molecule has 1 saturated carbocycles. The molecule has 3 nitrogen and oxygen atoms in total. The molecule has 0 heterocycles. The molecule has 1 amide bonds. The summed E-state index contributed by atoms with van der Waals surface area (Å²) in [6, 6.07) is 3.11. The van der Waals surface area contributed by atoms with Crippen LogP contribution in [0.4, 0.5) is 5.69 Å². The van der Waals surface area contributed by atoms with Crippen LogP contribution in [0.25, 0.3) is 0 Å². The number of carbonyl (C=O) groups excluding carboxylic acids is 1. The zero-order valence-corrected chi connectivity index (χ0v) is 13.2. The summed E-state index contributed by atoms with van der Waals surface area (Å²) in [5.74, 6) is -0.205. The van der Waals surface area contributed by atoms with Gasteiger partial charge in [0.15, 0.2) is 0 Å². The van der Waals surface area contributed by atoms with Crippen molar-refractivity contribution in [3.05, 3.63) is 27.7 Å². The lowest BCUT2D eigenvalue weighted by Gasteiger charge is -2.27. The zero-order chi connectivity index (χ0) is 14.8. The lowest BCUT2D eigenvalue weighted by atomic mass is 9.83. The molecule has 1 aliphatic rings. The summed E-state index contributed by atoms with van der Waals surface area (Å²) in [5.41, 5.74) is 6.74. The second-order valence-electron chi connectivity index (χ2n) is 5.61. The Kier molecular flexibility index (Phi) is 4.82. The average molecular weight is 315 g/mol. The second-order valence-corrected chi connectivity index (χ2v) is 6.39. The van der Waals surface area contributed by atoms with Gasteiger partial charge in [0.2, 0.25) is 0 Å². The molecule has 1 fully saturated rings. The summed E-state index contributed by atoms with van der Waals surface area (Å²) in [5, 5.41) is 3.56. The maximum Gasteiger partial charge on any atom is 0.252 e. The lowest BCUT2D eigenvalue weighted by molar-refractivity contribution is 0.0929. The highest BCUT2D eigenvalue weighted by Gasteiger charge is 2.32. The molecule has 0 atom stereocenters. The Morgan fingerprint density at radius 1 is 1.35 bits per heavy atom. The van der Waals surface area contributed by atoms with Gasteiger partial charge in [-0.05, 0) is 36.8 Å². The fraction of sp³-hybridized carbons (Fsp3) is 0.533. The van der Waals surface area contributed by atoms with E-state index in [2.05, 4.69) is 12.2 Å². The van der Waals surface area contributed by atoms with Crippen LogP contribution in [0, 0.1) is 5.41 Å². The molecular formula is C15H20Cl2N2O. The highest BCUT2D eigenvalue weighted by Crippen LogP contribution is 2.40. The minimum Gasteiger partial charge on any atom is -0.399 e. The summed E-state index contributed by atoms with van der Waals surface area (Å²) in [7, 11) is 0. The Labute approximate surface area is 129 Å². The quantitative estimate of drug-likeness (QED) is 0.815. The molecule has 3 N–H and O–H groups in total. The van der Waals surface area contributed by atoms with Crippen molar-refractivity contribution >= 4 is 34.8 Å². The smallest absolute Gasteiger partial charge is 0.252 e. The Balaban J connectivity index is 2.09. The summed E-state index contributed by atoms with van der Waals surface area (Å²) < 4.78 is 0. The van der Waals surface area contributed by atoms with Gasteiger partial charge in [0.1, 0.15) is 0 Å². The third-order valence-corrected chi connectivity index (χ3v) is 5.14. The van der Waals surface area contributed by atoms with E-state index in [1.54, 1.807) is 12.1 Å². The Morgan fingerprint density at radius 2 is 2.00 bits per heavy atom. The van der Waals surface area contributed by atoms with Gasteiger partial charge in [0.25, 0.3) is 5.91 Å². The van der Waals surface area contributed by atoms with Gasteiger partial charge in [0.05, 0.1) is 15.6 Å². The van der Waals surface area contributed by atoms with Crippen molar-refractivity contribution in [2.24, 2.45) is 5.41 Å². The zero-order valence-electron chi connectivity index (χ0n) is 11.6. The first-order chi connectivity index (χ1) is 9.47. The number of carbonyl (C=O) groups is 1. The van der Waals surface area contributed by atoms with E-state index >= 15 is 0 Å². The molecule has 5 heteroatoms. The number of nitrogens with two attached hydrogens (primary N) is 1. The van der Waals surface area contributed by atoms with Crippen LogP contribution in [-0.2, 0) is 0 Å². The third kappa shape index (κ3) is 3.21. The molecule has 1 aliphatic carbocycles. The highest BCUT2D eigenvalue weighted by atomic mass is 35.5. The minimum atomic E-state index is -0.205. The number of hydrogen-bond acceptors (Lipinski definition) is 2. The van der Waals surface area contributed by atoms with Crippen molar-refractivity contribution in [3.8, 4) is 0 Å². The first kappa shape index (κ1) is 15.5. The molecular weight excluding hydrogens is 295 g/mol. The fourth-order valence-corrected chi connectivity index (χ4v) is 3.34. The molecule has 1 aromatic rings. The van der Waals surface area contributed by atoms with Crippen LogP contribution in [0.1, 0.15) is 49.4 Å². The van der Waals surface area contributed by atoms with Crippen LogP contribution in [-0.4, -0.2) is 12.5 Å². The van der Waals surface area contributed by atoms with Gasteiger partial charge >= 0.3 is 0 Å². The maximum absolute atomic E-state index is 12.3. The molecule has 110 valence electrons. The number of benzene rings is 1. The monoisotopic (exact) mass is 314 g/mol. The summed E-state index contributed by atoms with van der Waals surface area (Å²) in [4.78, 5) is 12.3. The van der Waals surface area contributed by atoms with Crippen LogP contribution in [0.2, 0.25) is 10.0 Å². The maximum atomic E-state index is 12.3. The Bertz CT molecular complexity index is 511. The van der Waals surface area contributed by atoms with Crippen molar-refractivity contribution < 1.29 is 4.79 Å². The number of halogens is 2. The number of nitrogens with one attached hydrogen (secondary N) is 1. The molecule has 0 spiro atoms. The van der Waals surface area contributed by atoms with Gasteiger partial charge < -0.3 is 11.1 Å². The Morgan fingerprint density at radius 3 is 2.60 bits per heavy atom. The molecule has 20 heavy (non-hydrogen) atoms. The molecule has 0 bridgehead atoms. The Hall–Kier alpha value is -0.930. The molecule has 0 radical (unpaired) electrons. The number of amides is 1. The largest absolute Gasteiger partial charge is 0.399 e. The van der Waals surface area contributed by atoms with Crippen LogP contribution < -0.4 is 11.1 Å². The van der Waals surface area contributed by atoms with Crippen LogP contribution in [0.3, 0.4) is 0 Å². The highest BCUT2D eigenvalue weighted by molar-refractivity contribution is 6.44. The van der Waals surface area contributed by atoms with E-state index < -0.39 is 0 Å². The molecule has 0 aromatic heterocycles. The van der Waals surface area contributed by atoms with Crippen LogP contribution >= 0.6 is 23.2 Å². The number of hydrogen-bond donors (Lipinski definition) is 2. The van der Waals surface area contributed by atoms with Crippen LogP contribution in [0.5, 0.6) is 0 Å². The first-order valence-electron chi connectivity index (χ1n) is 7.00. The number of nitrogen functional groups attached to an aromatic ring is 1. The van der Waals surface area contributed by atoms with Crippen molar-refractivity contribution in [2.75, 3.05) is 12.3 Å². The fourth-order valence-electron chi connectivity index (χ4n) is 2.92. The van der Waals surface area contributed by atoms with E-state index in [4.69, 9.17) is 28.9 Å². The predicted octanol–water partition coefficient (Wildman–Crippen LogP) is 4.28. The van der Waals surface area contributed by atoms with E-state index in [-0.39, 0.29) is 16.3 Å². The standard InChI is InChI=1S/C15H20Cl2N2O/c1-2-15(5-3-4-6-15)9-19-14(20)11-7-10(18)8-12(16)13(11)17/h7-8H,2-6,9,18H2,1H3,(H,19,20). The van der Waals surface area contributed by atoms with Gasteiger partial charge in [-0.1, -0.05) is 43.0 Å². The van der Waals surface area contributed by atoms with Gasteiger partial charge in [0, 0.05) is 12.2 Å². The van der Waals surface area contributed by atoms with Crippen molar-refractivity contribution in [1.29, 1.82) is 0 Å². The molecule has 0 saturated heterocycles. The molecule has 1 aromatic carbocycles. The summed E-state index contributed by atoms with van der Waals surface area (Å²) in [6.07, 6.45) is 5.92. The van der Waals surface area contributed by atoms with Crippen molar-refractivity contribution in [3.63, 3.8) is 0 Å². The minimum absolute atomic E-state index is 0.205. The average Bonchev–Trinajstić information content (AvgIpc) is 2.89. The summed E-state index contributed by atoms with van der Waals surface area (Å²) >= 11 is 12.0. The molecule has 2 rings (SSSR count). The van der Waals surface area contributed by atoms with E-state index in [9.17, 15) is 4.79 Å². The van der Waals surface area contributed by atoms with Gasteiger partial charge in [-0.2, -0.15) is 0 Å². The van der Waals surface area contributed by atoms with E-state index in [1.807, 2.05) is 0 Å². The van der Waals surface area contributed by atoms with E-state index in [1.165, 1.54) is 25.7 Å². The van der Waals surface area contributed by atoms with Gasteiger partial charge in [-0.15, -0.1) is 0 Å².